The van der Waals surface area contributed by atoms with Crippen LogP contribution in [-0.4, -0.2) is 36.0 Å². The van der Waals surface area contributed by atoms with Gasteiger partial charge in [-0.3, -0.25) is 9.69 Å². The molecule has 2 N–H and O–H groups in total. The Bertz CT molecular complexity index is 1040. The first kappa shape index (κ1) is 19.3. The Morgan fingerprint density at radius 1 is 1.14 bits per heavy atom. The highest BCUT2D eigenvalue weighted by Gasteiger charge is 2.43. The van der Waals surface area contributed by atoms with E-state index in [-0.39, 0.29) is 18.7 Å². The molecule has 2 heterocycles. The van der Waals surface area contributed by atoms with Crippen LogP contribution in [0.3, 0.4) is 0 Å². The number of urea groups is 1. The third-order valence-corrected chi connectivity index (χ3v) is 5.24. The lowest BCUT2D eigenvalue weighted by molar-refractivity contribution is -0.136. The van der Waals surface area contributed by atoms with Crippen molar-refractivity contribution < 1.29 is 19.1 Å². The molecule has 0 spiro atoms. The maximum absolute atomic E-state index is 12.7. The molecule has 0 fully saturated rings. The highest BCUT2D eigenvalue weighted by atomic mass is 35.5. The number of benzene rings is 2. The van der Waals surface area contributed by atoms with E-state index in [1.807, 2.05) is 0 Å². The summed E-state index contributed by atoms with van der Waals surface area (Å²) in [7, 11) is 0. The maximum Gasteiger partial charge on any atom is 0.338 e. The number of nitrogens with one attached hydrogen (secondary N) is 2. The van der Waals surface area contributed by atoms with E-state index in [9.17, 15) is 14.4 Å². The fraction of sp³-hybridized carbons (Fsp3) is 0.150. The molecule has 0 saturated heterocycles. The Labute approximate surface area is 176 Å². The SMILES string of the molecule is O=C(CN1C(=O)NC(c2ccccc2Cl)C2=C1COC2=O)Nc1ccc(Cl)cc1. The Kier molecular flexibility index (Phi) is 5.17. The van der Waals surface area contributed by atoms with Crippen molar-refractivity contribution in [2.75, 3.05) is 18.5 Å². The third kappa shape index (κ3) is 3.79. The molecule has 0 bridgehead atoms. The van der Waals surface area contributed by atoms with Gasteiger partial charge in [0.05, 0.1) is 17.3 Å². The van der Waals surface area contributed by atoms with Gasteiger partial charge in [-0.1, -0.05) is 41.4 Å². The lowest BCUT2D eigenvalue weighted by atomic mass is 9.95. The molecule has 4 rings (SSSR count). The molecule has 29 heavy (non-hydrogen) atoms. The second kappa shape index (κ2) is 7.77. The van der Waals surface area contributed by atoms with E-state index in [1.54, 1.807) is 48.5 Å². The summed E-state index contributed by atoms with van der Waals surface area (Å²) in [6.07, 6.45) is 0. The highest BCUT2D eigenvalue weighted by molar-refractivity contribution is 6.31. The summed E-state index contributed by atoms with van der Waals surface area (Å²) in [5, 5.41) is 6.40. The number of carbonyl (C=O) groups excluding carboxylic acids is 3. The number of cyclic esters (lactones) is 1. The Morgan fingerprint density at radius 3 is 2.59 bits per heavy atom. The number of rotatable bonds is 4. The molecule has 0 aromatic heterocycles. The van der Waals surface area contributed by atoms with Gasteiger partial charge in [0.15, 0.2) is 0 Å². The van der Waals surface area contributed by atoms with Gasteiger partial charge in [-0.25, -0.2) is 9.59 Å². The minimum atomic E-state index is -0.739. The molecule has 0 radical (unpaired) electrons. The zero-order valence-corrected chi connectivity index (χ0v) is 16.5. The van der Waals surface area contributed by atoms with Crippen LogP contribution in [0.15, 0.2) is 59.8 Å². The number of esters is 1. The Morgan fingerprint density at radius 2 is 1.86 bits per heavy atom. The standard InChI is InChI=1S/C20H15Cl2N3O4/c21-11-5-7-12(8-6-11)23-16(26)9-25-15-10-29-19(27)17(15)18(24-20(25)28)13-3-1-2-4-14(13)22/h1-8,18H,9-10H2,(H,23,26)(H,24,28). The number of amides is 3. The zero-order valence-electron chi connectivity index (χ0n) is 14.9. The van der Waals surface area contributed by atoms with Gasteiger partial charge >= 0.3 is 12.0 Å². The number of carbonyl (C=O) groups is 3. The van der Waals surface area contributed by atoms with Crippen LogP contribution in [0.1, 0.15) is 11.6 Å². The minimum Gasteiger partial charge on any atom is -0.456 e. The van der Waals surface area contributed by atoms with Crippen LogP contribution >= 0.6 is 23.2 Å². The van der Waals surface area contributed by atoms with Gasteiger partial charge < -0.3 is 15.4 Å². The molecule has 148 valence electrons. The smallest absolute Gasteiger partial charge is 0.338 e. The lowest BCUT2D eigenvalue weighted by Gasteiger charge is -2.32. The summed E-state index contributed by atoms with van der Waals surface area (Å²) in [6.45, 7) is -0.365. The molecule has 1 atom stereocenters. The van der Waals surface area contributed by atoms with Crippen molar-refractivity contribution in [1.29, 1.82) is 0 Å². The number of hydrogen-bond acceptors (Lipinski definition) is 4. The maximum atomic E-state index is 12.7. The molecule has 2 aromatic rings. The summed E-state index contributed by atoms with van der Waals surface area (Å²) in [4.78, 5) is 38.8. The summed E-state index contributed by atoms with van der Waals surface area (Å²) >= 11 is 12.1. The van der Waals surface area contributed by atoms with Gasteiger partial charge in [-0.05, 0) is 35.9 Å². The van der Waals surface area contributed by atoms with Gasteiger partial charge in [0.25, 0.3) is 0 Å². The van der Waals surface area contributed by atoms with E-state index >= 15 is 0 Å². The summed E-state index contributed by atoms with van der Waals surface area (Å²) < 4.78 is 5.15. The van der Waals surface area contributed by atoms with Crippen LogP contribution in [0.5, 0.6) is 0 Å². The van der Waals surface area contributed by atoms with E-state index < -0.39 is 23.9 Å². The third-order valence-electron chi connectivity index (χ3n) is 4.64. The minimum absolute atomic E-state index is 0.0865. The van der Waals surface area contributed by atoms with Crippen molar-refractivity contribution in [2.45, 2.75) is 6.04 Å². The zero-order chi connectivity index (χ0) is 20.5. The van der Waals surface area contributed by atoms with Crippen LogP contribution < -0.4 is 10.6 Å². The van der Waals surface area contributed by atoms with Gasteiger partial charge in [0.2, 0.25) is 5.91 Å². The first-order valence-electron chi connectivity index (χ1n) is 8.72. The topological polar surface area (TPSA) is 87.7 Å². The average molecular weight is 432 g/mol. The molecule has 0 aliphatic carbocycles. The molecule has 2 aliphatic heterocycles. The molecule has 2 aliphatic rings. The van der Waals surface area contributed by atoms with E-state index in [1.165, 1.54) is 4.90 Å². The van der Waals surface area contributed by atoms with Crippen molar-refractivity contribution in [3.63, 3.8) is 0 Å². The quantitative estimate of drug-likeness (QED) is 0.724. The first-order valence-corrected chi connectivity index (χ1v) is 9.47. The average Bonchev–Trinajstić information content (AvgIpc) is 3.08. The number of anilines is 1. The van der Waals surface area contributed by atoms with E-state index in [0.717, 1.165) is 0 Å². The van der Waals surface area contributed by atoms with Crippen molar-refractivity contribution >= 4 is 46.8 Å². The summed E-state index contributed by atoms with van der Waals surface area (Å²) in [5.41, 5.74) is 1.75. The number of hydrogen-bond donors (Lipinski definition) is 2. The predicted molar refractivity (Wildman–Crippen MR) is 107 cm³/mol. The van der Waals surface area contributed by atoms with Crippen molar-refractivity contribution in [3.05, 3.63) is 75.4 Å². The summed E-state index contributed by atoms with van der Waals surface area (Å²) in [6, 6.07) is 12.3. The molecule has 0 saturated carbocycles. The predicted octanol–water partition coefficient (Wildman–Crippen LogP) is 3.51. The second-order valence-electron chi connectivity index (χ2n) is 6.48. The molecule has 3 amide bonds. The van der Waals surface area contributed by atoms with E-state index in [4.69, 9.17) is 27.9 Å². The van der Waals surface area contributed by atoms with E-state index in [2.05, 4.69) is 10.6 Å². The monoisotopic (exact) mass is 431 g/mol. The Balaban J connectivity index is 1.60. The van der Waals surface area contributed by atoms with Crippen LogP contribution in [-0.2, 0) is 14.3 Å². The Hall–Kier alpha value is -3.03. The molecule has 2 aromatic carbocycles. The lowest BCUT2D eigenvalue weighted by Crippen LogP contribution is -2.49. The largest absolute Gasteiger partial charge is 0.456 e. The van der Waals surface area contributed by atoms with Gasteiger partial charge in [0, 0.05) is 15.7 Å². The van der Waals surface area contributed by atoms with Crippen LogP contribution in [0.4, 0.5) is 10.5 Å². The number of nitrogens with zero attached hydrogens (tertiary/aromatic N) is 1. The second-order valence-corrected chi connectivity index (χ2v) is 7.33. The van der Waals surface area contributed by atoms with Crippen molar-refractivity contribution in [1.82, 2.24) is 10.2 Å². The molecule has 1 unspecified atom stereocenters. The fourth-order valence-corrected chi connectivity index (χ4v) is 3.67. The van der Waals surface area contributed by atoms with Gasteiger partial charge in [-0.2, -0.15) is 0 Å². The molecular formula is C20H15Cl2N3O4. The number of halogens is 2. The van der Waals surface area contributed by atoms with Gasteiger partial charge in [0.1, 0.15) is 13.2 Å². The fourth-order valence-electron chi connectivity index (χ4n) is 3.30. The summed E-state index contributed by atoms with van der Waals surface area (Å²) in [5.74, 6) is -0.974. The van der Waals surface area contributed by atoms with Crippen LogP contribution in [0, 0.1) is 0 Å². The van der Waals surface area contributed by atoms with E-state index in [0.29, 0.717) is 27.0 Å². The van der Waals surface area contributed by atoms with Gasteiger partial charge in [-0.15, -0.1) is 0 Å². The highest BCUT2D eigenvalue weighted by Crippen LogP contribution is 2.37. The van der Waals surface area contributed by atoms with Crippen LogP contribution in [0.25, 0.3) is 0 Å². The van der Waals surface area contributed by atoms with Crippen molar-refractivity contribution in [3.8, 4) is 0 Å². The molecular weight excluding hydrogens is 417 g/mol. The molecule has 9 heteroatoms. The first-order chi connectivity index (χ1) is 13.9. The number of ether oxygens (including phenoxy) is 1. The van der Waals surface area contributed by atoms with Crippen LogP contribution in [0.2, 0.25) is 10.0 Å². The molecule has 7 nitrogen and oxygen atoms in total. The van der Waals surface area contributed by atoms with Crippen molar-refractivity contribution in [2.24, 2.45) is 0 Å². The normalized spacial score (nSPS) is 18.3.